The molecular formula is C18H20N2O5. The minimum absolute atomic E-state index is 0.267. The number of para-hydroxylation sites is 1. The molecule has 0 amide bonds. The van der Waals surface area contributed by atoms with Crippen LogP contribution in [0.4, 0.5) is 4.79 Å². The van der Waals surface area contributed by atoms with Crippen molar-refractivity contribution in [3.8, 4) is 5.75 Å². The first-order valence-corrected chi connectivity index (χ1v) is 8.24. The molecule has 132 valence electrons. The quantitative estimate of drug-likeness (QED) is 0.836. The number of nitrogens with zero attached hydrogens (tertiary/aromatic N) is 2. The van der Waals surface area contributed by atoms with E-state index in [1.807, 2.05) is 0 Å². The largest absolute Gasteiger partial charge is 0.427 e. The number of aromatic nitrogens is 2. The lowest BCUT2D eigenvalue weighted by Gasteiger charge is -2.25. The summed E-state index contributed by atoms with van der Waals surface area (Å²) in [6, 6.07) is 8.47. The van der Waals surface area contributed by atoms with E-state index in [1.165, 1.54) is 0 Å². The van der Waals surface area contributed by atoms with Crippen molar-refractivity contribution in [3.63, 3.8) is 0 Å². The number of hydrogen-bond donors (Lipinski definition) is 0. The van der Waals surface area contributed by atoms with E-state index in [0.717, 1.165) is 22.0 Å². The highest BCUT2D eigenvalue weighted by molar-refractivity contribution is 5.74. The Labute approximate surface area is 144 Å². The van der Waals surface area contributed by atoms with Crippen LogP contribution in [0.3, 0.4) is 0 Å². The zero-order valence-electron chi connectivity index (χ0n) is 14.2. The maximum Gasteiger partial charge on any atom is 0.427 e. The number of ether oxygens (including phenoxy) is 2. The van der Waals surface area contributed by atoms with Crippen molar-refractivity contribution in [3.05, 3.63) is 62.4 Å². The summed E-state index contributed by atoms with van der Waals surface area (Å²) in [7, 11) is 0. The number of rotatable bonds is 2. The number of carbonyl (C=O) groups excluding carboxylic acids is 1. The van der Waals surface area contributed by atoms with Gasteiger partial charge in [-0.15, -0.1) is 0 Å². The fourth-order valence-corrected chi connectivity index (χ4v) is 2.87. The summed E-state index contributed by atoms with van der Waals surface area (Å²) < 4.78 is 12.8. The SMILES string of the molecule is Cc1c(C)n(C(=O)Oc2ccccc2)c(=O)n(C2CCCCO2)c1=O. The molecule has 1 aliphatic rings. The van der Waals surface area contributed by atoms with E-state index >= 15 is 0 Å². The molecule has 1 aliphatic heterocycles. The van der Waals surface area contributed by atoms with E-state index < -0.39 is 23.6 Å². The highest BCUT2D eigenvalue weighted by atomic mass is 16.6. The molecule has 7 nitrogen and oxygen atoms in total. The van der Waals surface area contributed by atoms with Gasteiger partial charge in [-0.1, -0.05) is 18.2 Å². The molecule has 25 heavy (non-hydrogen) atoms. The third-order valence-electron chi connectivity index (χ3n) is 4.39. The average Bonchev–Trinajstić information content (AvgIpc) is 2.62. The molecule has 1 aromatic carbocycles. The molecule has 0 aliphatic carbocycles. The molecule has 0 bridgehead atoms. The second-order valence-electron chi connectivity index (χ2n) is 6.01. The molecule has 0 saturated carbocycles. The summed E-state index contributed by atoms with van der Waals surface area (Å²) in [5.41, 5.74) is -0.583. The standard InChI is InChI=1S/C18H20N2O5/c1-12-13(2)19(18(23)25-14-8-4-3-5-9-14)17(22)20(16(12)21)15-10-6-7-11-24-15/h3-5,8-9,15H,6-7,10-11H2,1-2H3. The lowest BCUT2D eigenvalue weighted by atomic mass is 10.2. The molecule has 1 unspecified atom stereocenters. The van der Waals surface area contributed by atoms with Crippen LogP contribution in [-0.4, -0.2) is 21.8 Å². The molecule has 2 heterocycles. The first-order valence-electron chi connectivity index (χ1n) is 8.24. The van der Waals surface area contributed by atoms with Crippen LogP contribution in [0.1, 0.15) is 36.7 Å². The van der Waals surface area contributed by atoms with E-state index in [-0.39, 0.29) is 5.69 Å². The minimum atomic E-state index is -0.846. The zero-order valence-corrected chi connectivity index (χ0v) is 14.2. The maximum atomic E-state index is 12.8. The molecule has 1 aromatic heterocycles. The minimum Gasteiger partial charge on any atom is -0.410 e. The molecule has 0 spiro atoms. The fourth-order valence-electron chi connectivity index (χ4n) is 2.87. The van der Waals surface area contributed by atoms with Gasteiger partial charge in [-0.2, -0.15) is 4.57 Å². The van der Waals surface area contributed by atoms with Gasteiger partial charge in [0.2, 0.25) is 0 Å². The summed E-state index contributed by atoms with van der Waals surface area (Å²) in [4.78, 5) is 37.9. The molecular weight excluding hydrogens is 324 g/mol. The van der Waals surface area contributed by atoms with Crippen LogP contribution in [0.5, 0.6) is 5.75 Å². The van der Waals surface area contributed by atoms with E-state index in [2.05, 4.69) is 0 Å². The Morgan fingerprint density at radius 1 is 1.16 bits per heavy atom. The van der Waals surface area contributed by atoms with Crippen molar-refractivity contribution in [2.24, 2.45) is 0 Å². The summed E-state index contributed by atoms with van der Waals surface area (Å²) in [6.07, 6.45) is 0.814. The number of benzene rings is 1. The lowest BCUT2D eigenvalue weighted by molar-refractivity contribution is -0.0374. The molecule has 7 heteroatoms. The monoisotopic (exact) mass is 344 g/mol. The van der Waals surface area contributed by atoms with E-state index in [0.29, 0.717) is 24.3 Å². The Hall–Kier alpha value is -2.67. The van der Waals surface area contributed by atoms with Gasteiger partial charge in [-0.3, -0.25) is 4.79 Å². The van der Waals surface area contributed by atoms with E-state index in [4.69, 9.17) is 9.47 Å². The molecule has 0 N–H and O–H groups in total. The smallest absolute Gasteiger partial charge is 0.410 e. The highest BCUT2D eigenvalue weighted by Gasteiger charge is 2.26. The first-order chi connectivity index (χ1) is 12.0. The first kappa shape index (κ1) is 17.2. The van der Waals surface area contributed by atoms with Crippen molar-refractivity contribution in [2.75, 3.05) is 6.61 Å². The molecule has 1 atom stereocenters. The van der Waals surface area contributed by atoms with Gasteiger partial charge in [0, 0.05) is 17.9 Å². The van der Waals surface area contributed by atoms with Gasteiger partial charge >= 0.3 is 11.8 Å². The second kappa shape index (κ2) is 7.06. The molecule has 1 saturated heterocycles. The topological polar surface area (TPSA) is 79.5 Å². The predicted octanol–water partition coefficient (Wildman–Crippen LogP) is 2.37. The van der Waals surface area contributed by atoms with Gasteiger partial charge < -0.3 is 9.47 Å². The van der Waals surface area contributed by atoms with Crippen LogP contribution >= 0.6 is 0 Å². The van der Waals surface area contributed by atoms with E-state index in [1.54, 1.807) is 44.2 Å². The molecule has 1 fully saturated rings. The van der Waals surface area contributed by atoms with Crippen LogP contribution in [0, 0.1) is 13.8 Å². The van der Waals surface area contributed by atoms with Gasteiger partial charge in [0.15, 0.2) is 0 Å². The number of hydrogen-bond acceptors (Lipinski definition) is 5. The van der Waals surface area contributed by atoms with Crippen molar-refractivity contribution in [2.45, 2.75) is 39.3 Å². The van der Waals surface area contributed by atoms with Crippen molar-refractivity contribution < 1.29 is 14.3 Å². The summed E-state index contributed by atoms with van der Waals surface area (Å²) >= 11 is 0. The average molecular weight is 344 g/mol. The van der Waals surface area contributed by atoms with Crippen molar-refractivity contribution in [1.82, 2.24) is 9.13 Å². The Balaban J connectivity index is 2.07. The highest BCUT2D eigenvalue weighted by Crippen LogP contribution is 2.20. The maximum absolute atomic E-state index is 12.8. The van der Waals surface area contributed by atoms with Gasteiger partial charge in [0.05, 0.1) is 0 Å². The summed E-state index contributed by atoms with van der Waals surface area (Å²) in [5, 5.41) is 0. The van der Waals surface area contributed by atoms with E-state index in [9.17, 15) is 14.4 Å². The van der Waals surface area contributed by atoms with Crippen LogP contribution < -0.4 is 16.0 Å². The zero-order chi connectivity index (χ0) is 18.0. The van der Waals surface area contributed by atoms with Gasteiger partial charge in [0.1, 0.15) is 12.0 Å². The third-order valence-corrected chi connectivity index (χ3v) is 4.39. The van der Waals surface area contributed by atoms with Crippen LogP contribution in [-0.2, 0) is 4.74 Å². The summed E-state index contributed by atoms with van der Waals surface area (Å²) in [5.74, 6) is 0.322. The number of carbonyl (C=O) groups is 1. The Morgan fingerprint density at radius 2 is 1.88 bits per heavy atom. The Morgan fingerprint density at radius 3 is 2.52 bits per heavy atom. The Bertz CT molecular complexity index is 892. The normalized spacial score (nSPS) is 17.3. The second-order valence-corrected chi connectivity index (χ2v) is 6.01. The third kappa shape index (κ3) is 3.28. The van der Waals surface area contributed by atoms with Gasteiger partial charge in [-0.05, 0) is 45.2 Å². The van der Waals surface area contributed by atoms with Crippen molar-refractivity contribution in [1.29, 1.82) is 0 Å². The summed E-state index contributed by atoms with van der Waals surface area (Å²) in [6.45, 7) is 3.62. The molecule has 2 aromatic rings. The lowest BCUT2D eigenvalue weighted by Crippen LogP contribution is -2.48. The van der Waals surface area contributed by atoms with Gasteiger partial charge in [0.25, 0.3) is 5.56 Å². The van der Waals surface area contributed by atoms with Crippen molar-refractivity contribution >= 4 is 6.09 Å². The van der Waals surface area contributed by atoms with Crippen LogP contribution in [0.25, 0.3) is 0 Å². The van der Waals surface area contributed by atoms with Gasteiger partial charge in [-0.25, -0.2) is 14.2 Å². The van der Waals surface area contributed by atoms with Crippen LogP contribution in [0.2, 0.25) is 0 Å². The Kier molecular flexibility index (Phi) is 4.85. The molecule has 0 radical (unpaired) electrons. The molecule has 3 rings (SSSR count). The van der Waals surface area contributed by atoms with Crippen LogP contribution in [0.15, 0.2) is 39.9 Å². The fraction of sp³-hybridized carbons (Fsp3) is 0.389. The predicted molar refractivity (Wildman–Crippen MR) is 91.1 cm³/mol.